The minimum absolute atomic E-state index is 0.500. The molecule has 1 atom stereocenters. The summed E-state index contributed by atoms with van der Waals surface area (Å²) in [5, 5.41) is 0. The van der Waals surface area contributed by atoms with Crippen molar-refractivity contribution in [3.63, 3.8) is 0 Å². The van der Waals surface area contributed by atoms with E-state index in [2.05, 4.69) is 32.7 Å². The molecular formula is C7H16N. The molecule has 0 saturated heterocycles. The first kappa shape index (κ1) is 7.96. The molecule has 0 rings (SSSR count). The predicted octanol–water partition coefficient (Wildman–Crippen LogP) is 1.55. The van der Waals surface area contributed by atoms with Crippen LogP contribution in [0.3, 0.4) is 0 Å². The Labute approximate surface area is 52.7 Å². The van der Waals surface area contributed by atoms with Crippen molar-refractivity contribution < 1.29 is 0 Å². The summed E-state index contributed by atoms with van der Waals surface area (Å²) in [6.45, 7) is 9.36. The van der Waals surface area contributed by atoms with Gasteiger partial charge in [0.15, 0.2) is 0 Å². The maximum Gasteiger partial charge on any atom is 0.00900 e. The maximum atomic E-state index is 3.95. The first-order valence-electron chi connectivity index (χ1n) is 3.25. The van der Waals surface area contributed by atoms with Gasteiger partial charge < -0.3 is 4.90 Å². The monoisotopic (exact) mass is 114 g/mol. The van der Waals surface area contributed by atoms with Gasteiger partial charge in [0, 0.05) is 6.04 Å². The second-order valence-corrected chi connectivity index (χ2v) is 2.14. The quantitative estimate of drug-likeness (QED) is 0.538. The molecule has 0 aliphatic heterocycles. The van der Waals surface area contributed by atoms with Gasteiger partial charge in [0.2, 0.25) is 0 Å². The van der Waals surface area contributed by atoms with Crippen LogP contribution in [-0.4, -0.2) is 24.5 Å². The smallest absolute Gasteiger partial charge is 0.00900 e. The van der Waals surface area contributed by atoms with E-state index < -0.39 is 0 Å². The van der Waals surface area contributed by atoms with Crippen LogP contribution < -0.4 is 0 Å². The van der Waals surface area contributed by atoms with Crippen LogP contribution in [0.2, 0.25) is 0 Å². The highest BCUT2D eigenvalue weighted by Crippen LogP contribution is 1.96. The Morgan fingerprint density at radius 1 is 1.50 bits per heavy atom. The molecule has 8 heavy (non-hydrogen) atoms. The zero-order valence-electron chi connectivity index (χ0n) is 6.15. The zero-order valence-corrected chi connectivity index (χ0v) is 6.15. The summed E-state index contributed by atoms with van der Waals surface area (Å²) in [4.78, 5) is 2.24. The summed E-state index contributed by atoms with van der Waals surface area (Å²) in [6, 6.07) is 0.500. The van der Waals surface area contributed by atoms with Crippen LogP contribution >= 0.6 is 0 Å². The number of rotatable bonds is 3. The van der Waals surface area contributed by atoms with Gasteiger partial charge in [-0.25, -0.2) is 0 Å². The third-order valence-electron chi connectivity index (χ3n) is 1.59. The Bertz CT molecular complexity index is 44.3. The van der Waals surface area contributed by atoms with Gasteiger partial charge in [0.1, 0.15) is 0 Å². The van der Waals surface area contributed by atoms with E-state index in [1.807, 2.05) is 0 Å². The average Bonchev–Trinajstić information content (AvgIpc) is 1.84. The minimum atomic E-state index is 0.500. The summed E-state index contributed by atoms with van der Waals surface area (Å²) < 4.78 is 0. The summed E-state index contributed by atoms with van der Waals surface area (Å²) in [7, 11) is 2.10. The Morgan fingerprint density at radius 2 is 2.00 bits per heavy atom. The molecule has 0 saturated carbocycles. The van der Waals surface area contributed by atoms with Crippen LogP contribution in [0.4, 0.5) is 0 Å². The van der Waals surface area contributed by atoms with Crippen molar-refractivity contribution >= 4 is 0 Å². The van der Waals surface area contributed by atoms with E-state index in [1.54, 1.807) is 0 Å². The van der Waals surface area contributed by atoms with Crippen LogP contribution in [0.25, 0.3) is 0 Å². The molecule has 0 aliphatic carbocycles. The molecule has 0 fully saturated rings. The van der Waals surface area contributed by atoms with E-state index in [0.717, 1.165) is 13.0 Å². The molecule has 1 nitrogen and oxygen atoms in total. The van der Waals surface area contributed by atoms with Crippen molar-refractivity contribution in [1.29, 1.82) is 0 Å². The molecule has 0 amide bonds. The second-order valence-electron chi connectivity index (χ2n) is 2.14. The Balaban J connectivity index is 3.29. The lowest BCUT2D eigenvalue weighted by molar-refractivity contribution is 0.288. The molecule has 1 radical (unpaired) electrons. The Kier molecular flexibility index (Phi) is 3.88. The largest absolute Gasteiger partial charge is 0.304 e. The highest BCUT2D eigenvalue weighted by Gasteiger charge is 2.01. The maximum absolute atomic E-state index is 3.95. The average molecular weight is 114 g/mol. The standard InChI is InChI=1S/C7H16N/c1-5-7(3)8(4)6-2/h7H,3,5-6H2,1-2,4H3. The highest BCUT2D eigenvalue weighted by atomic mass is 15.1. The first-order valence-corrected chi connectivity index (χ1v) is 3.25. The van der Waals surface area contributed by atoms with E-state index in [1.165, 1.54) is 0 Å². The third-order valence-corrected chi connectivity index (χ3v) is 1.59. The first-order chi connectivity index (χ1) is 3.72. The number of hydrogen-bond donors (Lipinski definition) is 0. The topological polar surface area (TPSA) is 3.24 Å². The molecule has 0 bridgehead atoms. The molecule has 0 spiro atoms. The molecular weight excluding hydrogens is 98.1 g/mol. The van der Waals surface area contributed by atoms with E-state index >= 15 is 0 Å². The predicted molar refractivity (Wildman–Crippen MR) is 37.7 cm³/mol. The van der Waals surface area contributed by atoms with Gasteiger partial charge in [-0.1, -0.05) is 13.8 Å². The van der Waals surface area contributed by atoms with Crippen molar-refractivity contribution in [1.82, 2.24) is 4.90 Å². The molecule has 49 valence electrons. The molecule has 0 N–H and O–H groups in total. The summed E-state index contributed by atoms with van der Waals surface area (Å²) in [5.74, 6) is 0. The van der Waals surface area contributed by atoms with Gasteiger partial charge in [-0.2, -0.15) is 0 Å². The second kappa shape index (κ2) is 3.90. The van der Waals surface area contributed by atoms with E-state index in [4.69, 9.17) is 0 Å². The fourth-order valence-electron chi connectivity index (χ4n) is 0.570. The van der Waals surface area contributed by atoms with E-state index in [-0.39, 0.29) is 0 Å². The van der Waals surface area contributed by atoms with E-state index in [0.29, 0.717) is 6.04 Å². The summed E-state index contributed by atoms with van der Waals surface area (Å²) >= 11 is 0. The SMILES string of the molecule is [CH2]C(CC)N(C)CC. The summed E-state index contributed by atoms with van der Waals surface area (Å²) in [6.07, 6.45) is 1.14. The molecule has 0 aromatic rings. The lowest BCUT2D eigenvalue weighted by Gasteiger charge is -2.20. The lowest BCUT2D eigenvalue weighted by atomic mass is 10.2. The minimum Gasteiger partial charge on any atom is -0.304 e. The van der Waals surface area contributed by atoms with E-state index in [9.17, 15) is 0 Å². The highest BCUT2D eigenvalue weighted by molar-refractivity contribution is 4.66. The van der Waals surface area contributed by atoms with Crippen molar-refractivity contribution in [2.45, 2.75) is 26.3 Å². The van der Waals surface area contributed by atoms with Crippen molar-refractivity contribution in [3.8, 4) is 0 Å². The molecule has 0 heterocycles. The normalized spacial score (nSPS) is 14.6. The molecule has 1 unspecified atom stereocenters. The fourth-order valence-corrected chi connectivity index (χ4v) is 0.570. The van der Waals surface area contributed by atoms with Crippen molar-refractivity contribution in [3.05, 3.63) is 6.92 Å². The van der Waals surface area contributed by atoms with Crippen LogP contribution in [0.15, 0.2) is 0 Å². The van der Waals surface area contributed by atoms with Crippen LogP contribution in [0.1, 0.15) is 20.3 Å². The zero-order chi connectivity index (χ0) is 6.57. The van der Waals surface area contributed by atoms with Crippen LogP contribution in [0, 0.1) is 6.92 Å². The van der Waals surface area contributed by atoms with Gasteiger partial charge in [-0.05, 0) is 26.9 Å². The van der Waals surface area contributed by atoms with Gasteiger partial charge in [0.25, 0.3) is 0 Å². The molecule has 0 aromatic carbocycles. The van der Waals surface area contributed by atoms with Gasteiger partial charge in [-0.15, -0.1) is 0 Å². The third kappa shape index (κ3) is 2.31. The summed E-state index contributed by atoms with van der Waals surface area (Å²) in [5.41, 5.74) is 0. The fraction of sp³-hybridized carbons (Fsp3) is 0.857. The molecule has 0 aliphatic rings. The molecule has 0 aromatic heterocycles. The number of hydrogen-bond acceptors (Lipinski definition) is 1. The van der Waals surface area contributed by atoms with Crippen LogP contribution in [0.5, 0.6) is 0 Å². The Morgan fingerprint density at radius 3 is 2.12 bits per heavy atom. The van der Waals surface area contributed by atoms with Crippen LogP contribution in [-0.2, 0) is 0 Å². The van der Waals surface area contributed by atoms with Crippen molar-refractivity contribution in [2.75, 3.05) is 13.6 Å². The molecule has 1 heteroatoms. The van der Waals surface area contributed by atoms with Gasteiger partial charge in [-0.3, -0.25) is 0 Å². The Hall–Kier alpha value is -0.0400. The van der Waals surface area contributed by atoms with Crippen molar-refractivity contribution in [2.24, 2.45) is 0 Å². The van der Waals surface area contributed by atoms with Gasteiger partial charge in [0.05, 0.1) is 0 Å². The van der Waals surface area contributed by atoms with Gasteiger partial charge >= 0.3 is 0 Å². The number of nitrogens with zero attached hydrogens (tertiary/aromatic N) is 1. The lowest BCUT2D eigenvalue weighted by Crippen LogP contribution is -2.27.